The van der Waals surface area contributed by atoms with Crippen LogP contribution < -0.4 is 0 Å². The lowest BCUT2D eigenvalue weighted by Gasteiger charge is -2.28. The van der Waals surface area contributed by atoms with Crippen molar-refractivity contribution in [1.82, 2.24) is 0 Å². The molecule has 1 N–H and O–H groups in total. The summed E-state index contributed by atoms with van der Waals surface area (Å²) in [5.74, 6) is 0.541. The summed E-state index contributed by atoms with van der Waals surface area (Å²) in [6.07, 6.45) is 20.0. The number of aliphatic hydroxyl groups excluding tert-OH is 1. The van der Waals surface area contributed by atoms with Crippen LogP contribution in [-0.4, -0.2) is 16.6 Å². The molecule has 0 radical (unpaired) electrons. The molecular weight excluding hydrogens is 304 g/mol. The summed E-state index contributed by atoms with van der Waals surface area (Å²) >= 11 is 6.50. The lowest BCUT2D eigenvalue weighted by molar-refractivity contribution is 0.253. The van der Waals surface area contributed by atoms with Gasteiger partial charge < -0.3 is 5.11 Å². The monoisotopic (exact) mass is 346 g/mol. The van der Waals surface area contributed by atoms with Gasteiger partial charge in [-0.05, 0) is 39.0 Å². The first-order valence-electron chi connectivity index (χ1n) is 10.3. The minimum atomic E-state index is -0.132. The van der Waals surface area contributed by atoms with Crippen molar-refractivity contribution in [3.63, 3.8) is 0 Å². The van der Waals surface area contributed by atoms with Crippen LogP contribution in [-0.2, 0) is 0 Å². The van der Waals surface area contributed by atoms with E-state index in [4.69, 9.17) is 16.7 Å². The van der Waals surface area contributed by atoms with E-state index >= 15 is 0 Å². The Morgan fingerprint density at radius 3 is 1.48 bits per heavy atom. The van der Waals surface area contributed by atoms with Gasteiger partial charge in [0, 0.05) is 11.5 Å². The molecule has 0 aromatic rings. The van der Waals surface area contributed by atoms with Crippen LogP contribution in [0.15, 0.2) is 0 Å². The average Bonchev–Trinajstić information content (AvgIpc) is 2.50. The topological polar surface area (TPSA) is 20.2 Å². The van der Waals surface area contributed by atoms with Crippen molar-refractivity contribution >= 4 is 11.6 Å². The number of hydrogen-bond donors (Lipinski definition) is 1. The van der Waals surface area contributed by atoms with E-state index in [-0.39, 0.29) is 4.87 Å². The average molecular weight is 347 g/mol. The Morgan fingerprint density at radius 2 is 1.09 bits per heavy atom. The minimum Gasteiger partial charge on any atom is -0.396 e. The van der Waals surface area contributed by atoms with Crippen LogP contribution in [0.4, 0.5) is 0 Å². The van der Waals surface area contributed by atoms with Gasteiger partial charge in [0.05, 0.1) is 0 Å². The van der Waals surface area contributed by atoms with Gasteiger partial charge in [-0.3, -0.25) is 0 Å². The summed E-state index contributed by atoms with van der Waals surface area (Å²) in [4.78, 5) is -0.132. The molecule has 1 unspecified atom stereocenters. The van der Waals surface area contributed by atoms with Crippen molar-refractivity contribution in [2.45, 2.75) is 122 Å². The molecule has 0 aliphatic heterocycles. The second-order valence-electron chi connectivity index (χ2n) is 7.80. The summed E-state index contributed by atoms with van der Waals surface area (Å²) in [6, 6.07) is 0. The van der Waals surface area contributed by atoms with Gasteiger partial charge in [0.25, 0.3) is 0 Å². The van der Waals surface area contributed by atoms with Crippen LogP contribution in [0.3, 0.4) is 0 Å². The highest BCUT2D eigenvalue weighted by Gasteiger charge is 2.25. The number of halogens is 1. The fraction of sp³-hybridized carbons (Fsp3) is 1.00. The minimum absolute atomic E-state index is 0.132. The number of rotatable bonds is 17. The highest BCUT2D eigenvalue weighted by atomic mass is 35.5. The molecule has 0 spiro atoms. The summed E-state index contributed by atoms with van der Waals surface area (Å²) < 4.78 is 0. The maximum atomic E-state index is 9.01. The molecule has 2 heteroatoms. The van der Waals surface area contributed by atoms with E-state index < -0.39 is 0 Å². The molecule has 0 heterocycles. The normalized spacial score (nSPS) is 13.4. The first kappa shape index (κ1) is 23.2. The maximum Gasteiger partial charge on any atom is 0.0431 e. The molecule has 0 aromatic heterocycles. The van der Waals surface area contributed by atoms with Crippen molar-refractivity contribution in [2.75, 3.05) is 6.61 Å². The Bertz CT molecular complexity index is 234. The highest BCUT2D eigenvalue weighted by molar-refractivity contribution is 6.23. The lowest BCUT2D eigenvalue weighted by atomic mass is 9.85. The number of hydrogen-bond acceptors (Lipinski definition) is 1. The maximum absolute atomic E-state index is 9.01. The molecule has 0 amide bonds. The largest absolute Gasteiger partial charge is 0.396 e. The van der Waals surface area contributed by atoms with Crippen LogP contribution >= 0.6 is 11.6 Å². The third-order valence-corrected chi connectivity index (χ3v) is 5.40. The molecule has 0 rings (SSSR count). The van der Waals surface area contributed by atoms with Crippen molar-refractivity contribution in [3.05, 3.63) is 0 Å². The second-order valence-corrected chi connectivity index (χ2v) is 8.78. The van der Waals surface area contributed by atoms with Crippen LogP contribution in [0.1, 0.15) is 117 Å². The van der Waals surface area contributed by atoms with Gasteiger partial charge in [0.15, 0.2) is 0 Å². The fourth-order valence-corrected chi connectivity index (χ4v) is 3.62. The second kappa shape index (κ2) is 15.8. The third-order valence-electron chi connectivity index (χ3n) is 5.09. The van der Waals surface area contributed by atoms with Crippen LogP contribution in [0, 0.1) is 5.92 Å². The summed E-state index contributed by atoms with van der Waals surface area (Å²) in [5.41, 5.74) is 0. The number of aliphatic hydroxyl groups is 1. The van der Waals surface area contributed by atoms with E-state index in [0.29, 0.717) is 12.5 Å². The molecule has 0 aliphatic rings. The van der Waals surface area contributed by atoms with E-state index in [0.717, 1.165) is 12.8 Å². The van der Waals surface area contributed by atoms with Gasteiger partial charge in [0.1, 0.15) is 0 Å². The van der Waals surface area contributed by atoms with Crippen molar-refractivity contribution in [1.29, 1.82) is 0 Å². The Hall–Kier alpha value is 0.250. The molecule has 1 nitrogen and oxygen atoms in total. The first-order chi connectivity index (χ1) is 11.0. The zero-order valence-corrected chi connectivity index (χ0v) is 17.0. The summed E-state index contributed by atoms with van der Waals surface area (Å²) in [5, 5.41) is 9.01. The van der Waals surface area contributed by atoms with Gasteiger partial charge in [-0.15, -0.1) is 11.6 Å². The number of alkyl halides is 1. The lowest BCUT2D eigenvalue weighted by Crippen LogP contribution is -2.25. The Kier molecular flexibility index (Phi) is 15.9. The van der Waals surface area contributed by atoms with E-state index in [1.165, 1.54) is 83.5 Å². The SMILES string of the molecule is CCCCCCCCCCCCCCC(CCCO)C(C)(C)Cl. The van der Waals surface area contributed by atoms with Crippen LogP contribution in [0.5, 0.6) is 0 Å². The number of unbranched alkanes of at least 4 members (excludes halogenated alkanes) is 11. The zero-order valence-electron chi connectivity index (χ0n) is 16.2. The molecule has 0 bridgehead atoms. The molecular formula is C21H43ClO. The molecule has 140 valence electrons. The van der Waals surface area contributed by atoms with Gasteiger partial charge in [-0.2, -0.15) is 0 Å². The smallest absolute Gasteiger partial charge is 0.0431 e. The van der Waals surface area contributed by atoms with Crippen molar-refractivity contribution < 1.29 is 5.11 Å². The molecule has 23 heavy (non-hydrogen) atoms. The van der Waals surface area contributed by atoms with Crippen LogP contribution in [0.25, 0.3) is 0 Å². The first-order valence-corrected chi connectivity index (χ1v) is 10.7. The van der Waals surface area contributed by atoms with Gasteiger partial charge in [0.2, 0.25) is 0 Å². The molecule has 0 aromatic carbocycles. The Labute approximate surface area is 151 Å². The quantitative estimate of drug-likeness (QED) is 0.214. The highest BCUT2D eigenvalue weighted by Crippen LogP contribution is 2.32. The van der Waals surface area contributed by atoms with E-state index in [9.17, 15) is 0 Å². The molecule has 1 atom stereocenters. The Balaban J connectivity index is 3.42. The van der Waals surface area contributed by atoms with E-state index in [1.54, 1.807) is 0 Å². The predicted octanol–water partition coefficient (Wildman–Crippen LogP) is 7.48. The predicted molar refractivity (Wildman–Crippen MR) is 105 cm³/mol. The Morgan fingerprint density at radius 1 is 0.696 bits per heavy atom. The molecule has 0 aliphatic carbocycles. The third kappa shape index (κ3) is 15.5. The molecule has 0 fully saturated rings. The van der Waals surface area contributed by atoms with Crippen LogP contribution in [0.2, 0.25) is 0 Å². The summed E-state index contributed by atoms with van der Waals surface area (Å²) in [6.45, 7) is 6.82. The fourth-order valence-electron chi connectivity index (χ4n) is 3.40. The van der Waals surface area contributed by atoms with E-state index in [1.807, 2.05) is 0 Å². The zero-order chi connectivity index (χ0) is 17.4. The van der Waals surface area contributed by atoms with Gasteiger partial charge >= 0.3 is 0 Å². The van der Waals surface area contributed by atoms with Crippen molar-refractivity contribution in [2.24, 2.45) is 5.92 Å². The van der Waals surface area contributed by atoms with Gasteiger partial charge in [-0.1, -0.05) is 84.0 Å². The summed E-state index contributed by atoms with van der Waals surface area (Å²) in [7, 11) is 0. The molecule has 0 saturated carbocycles. The standard InChI is InChI=1S/C21H43ClO/c1-4-5-6-7-8-9-10-11-12-13-14-15-17-20(18-16-19-23)21(2,3)22/h20,23H,4-19H2,1-3H3. The van der Waals surface area contributed by atoms with E-state index in [2.05, 4.69) is 20.8 Å². The van der Waals surface area contributed by atoms with Crippen molar-refractivity contribution in [3.8, 4) is 0 Å². The molecule has 0 saturated heterocycles. The van der Waals surface area contributed by atoms with Gasteiger partial charge in [-0.25, -0.2) is 0 Å².